The number of morpholine rings is 1. The van der Waals surface area contributed by atoms with Gasteiger partial charge in [-0.25, -0.2) is 0 Å². The van der Waals surface area contributed by atoms with Gasteiger partial charge in [-0.05, 0) is 38.7 Å². The first-order valence-electron chi connectivity index (χ1n) is 8.97. The lowest BCUT2D eigenvalue weighted by Gasteiger charge is -2.35. The van der Waals surface area contributed by atoms with E-state index in [1.54, 1.807) is 37.3 Å². The van der Waals surface area contributed by atoms with Crippen LogP contribution in [0.3, 0.4) is 0 Å². The summed E-state index contributed by atoms with van der Waals surface area (Å²) in [4.78, 5) is 28.8. The van der Waals surface area contributed by atoms with E-state index >= 15 is 0 Å². The van der Waals surface area contributed by atoms with Gasteiger partial charge in [0, 0.05) is 19.6 Å². The number of methoxy groups -OCH3 is 2. The maximum absolute atomic E-state index is 13.1. The molecule has 8 heteroatoms. The second-order valence-electron chi connectivity index (χ2n) is 6.61. The smallest absolute Gasteiger partial charge is 0.254 e. The van der Waals surface area contributed by atoms with Crippen molar-refractivity contribution in [1.29, 1.82) is 0 Å². The highest BCUT2D eigenvalue weighted by Crippen LogP contribution is 2.32. The zero-order chi connectivity index (χ0) is 20.0. The first kappa shape index (κ1) is 21.0. The number of likely N-dealkylation sites (N-methyl/N-ethyl adjacent to an activating group) is 2. The number of carbonyl (C=O) groups is 2. The molecule has 1 aromatic rings. The normalized spacial score (nSPS) is 19.6. The predicted octanol–water partition coefficient (Wildman–Crippen LogP) is 0.670. The van der Waals surface area contributed by atoms with Crippen molar-refractivity contribution in [3.8, 4) is 11.5 Å². The highest BCUT2D eigenvalue weighted by Gasteiger charge is 2.38. The Morgan fingerprint density at radius 2 is 1.93 bits per heavy atom. The van der Waals surface area contributed by atoms with Gasteiger partial charge >= 0.3 is 0 Å². The Balaban J connectivity index is 2.28. The lowest BCUT2D eigenvalue weighted by atomic mass is 9.98. The standard InChI is InChI=1S/C19H29N3O5/c1-6-22(10-9-21(2)3)19(24)18-17(20-16(23)12-27-18)13-7-8-14(25-4)15(11-13)26-5/h7-8,11,17-18H,6,9-10,12H2,1-5H3,(H,20,23)/t17-,18+/m1/s1. The topological polar surface area (TPSA) is 80.3 Å². The van der Waals surface area contributed by atoms with E-state index in [-0.39, 0.29) is 18.4 Å². The number of benzene rings is 1. The molecule has 0 saturated carbocycles. The maximum atomic E-state index is 13.1. The minimum absolute atomic E-state index is 0.134. The van der Waals surface area contributed by atoms with Gasteiger partial charge in [0.15, 0.2) is 17.6 Å². The first-order valence-corrected chi connectivity index (χ1v) is 8.97. The van der Waals surface area contributed by atoms with Crippen molar-refractivity contribution in [1.82, 2.24) is 15.1 Å². The summed E-state index contributed by atoms with van der Waals surface area (Å²) in [5.41, 5.74) is 0.725. The molecule has 8 nitrogen and oxygen atoms in total. The summed E-state index contributed by atoms with van der Waals surface area (Å²) in [5.74, 6) is 0.712. The molecule has 1 aliphatic heterocycles. The lowest BCUT2D eigenvalue weighted by Crippen LogP contribution is -2.54. The van der Waals surface area contributed by atoms with E-state index in [9.17, 15) is 9.59 Å². The summed E-state index contributed by atoms with van der Waals surface area (Å²) < 4.78 is 16.3. The predicted molar refractivity (Wildman–Crippen MR) is 101 cm³/mol. The molecule has 0 radical (unpaired) electrons. The third-order valence-corrected chi connectivity index (χ3v) is 4.53. The SMILES string of the molecule is CCN(CCN(C)C)C(=O)[C@H]1OCC(=O)N[C@@H]1c1ccc(OC)c(OC)c1. The van der Waals surface area contributed by atoms with Crippen molar-refractivity contribution >= 4 is 11.8 Å². The number of ether oxygens (including phenoxy) is 3. The second-order valence-corrected chi connectivity index (χ2v) is 6.61. The van der Waals surface area contributed by atoms with Crippen LogP contribution in [0.4, 0.5) is 0 Å². The number of nitrogens with zero attached hydrogens (tertiary/aromatic N) is 2. The molecule has 0 unspecified atom stereocenters. The van der Waals surface area contributed by atoms with Crippen LogP contribution in [-0.4, -0.2) is 82.3 Å². The third kappa shape index (κ3) is 5.11. The van der Waals surface area contributed by atoms with Gasteiger partial charge in [-0.2, -0.15) is 0 Å². The van der Waals surface area contributed by atoms with Crippen LogP contribution in [0.2, 0.25) is 0 Å². The molecule has 1 fully saturated rings. The molecule has 2 atom stereocenters. The molecule has 0 aliphatic carbocycles. The quantitative estimate of drug-likeness (QED) is 0.715. The molecule has 1 heterocycles. The van der Waals surface area contributed by atoms with E-state index < -0.39 is 12.1 Å². The van der Waals surface area contributed by atoms with Crippen molar-refractivity contribution in [2.45, 2.75) is 19.1 Å². The second kappa shape index (κ2) is 9.57. The lowest BCUT2D eigenvalue weighted by molar-refractivity contribution is -0.155. The van der Waals surface area contributed by atoms with Gasteiger partial charge in [0.1, 0.15) is 6.61 Å². The van der Waals surface area contributed by atoms with Crippen LogP contribution >= 0.6 is 0 Å². The molecule has 150 valence electrons. The molecule has 0 aromatic heterocycles. The van der Waals surface area contributed by atoms with E-state index in [1.807, 2.05) is 25.9 Å². The highest BCUT2D eigenvalue weighted by atomic mass is 16.5. The Kier molecular flexibility index (Phi) is 7.44. The highest BCUT2D eigenvalue weighted by molar-refractivity contribution is 5.86. The fraction of sp³-hybridized carbons (Fsp3) is 0.579. The molecular weight excluding hydrogens is 350 g/mol. The number of hydrogen-bond acceptors (Lipinski definition) is 6. The van der Waals surface area contributed by atoms with Gasteiger partial charge in [0.2, 0.25) is 5.91 Å². The van der Waals surface area contributed by atoms with Crippen molar-refractivity contribution in [2.75, 3.05) is 54.6 Å². The van der Waals surface area contributed by atoms with Crippen LogP contribution in [0.15, 0.2) is 18.2 Å². The molecule has 1 aromatic carbocycles. The van der Waals surface area contributed by atoms with Crippen LogP contribution in [0.1, 0.15) is 18.5 Å². The maximum Gasteiger partial charge on any atom is 0.254 e. The zero-order valence-electron chi connectivity index (χ0n) is 16.7. The van der Waals surface area contributed by atoms with Gasteiger partial charge in [0.05, 0.1) is 20.3 Å². The molecule has 2 rings (SSSR count). The Hall–Kier alpha value is -2.32. The molecule has 27 heavy (non-hydrogen) atoms. The summed E-state index contributed by atoms with van der Waals surface area (Å²) in [6.07, 6.45) is -0.789. The summed E-state index contributed by atoms with van der Waals surface area (Å²) in [5, 5.41) is 2.88. The molecule has 1 saturated heterocycles. The largest absolute Gasteiger partial charge is 0.493 e. The van der Waals surface area contributed by atoms with Crippen molar-refractivity contribution in [3.05, 3.63) is 23.8 Å². The summed E-state index contributed by atoms with van der Waals surface area (Å²) in [7, 11) is 7.02. The van der Waals surface area contributed by atoms with Crippen LogP contribution in [0.5, 0.6) is 11.5 Å². The van der Waals surface area contributed by atoms with E-state index in [0.29, 0.717) is 24.6 Å². The third-order valence-electron chi connectivity index (χ3n) is 4.53. The monoisotopic (exact) mass is 379 g/mol. The fourth-order valence-electron chi connectivity index (χ4n) is 3.00. The minimum Gasteiger partial charge on any atom is -0.493 e. The Bertz CT molecular complexity index is 665. The zero-order valence-corrected chi connectivity index (χ0v) is 16.7. The number of carbonyl (C=O) groups excluding carboxylic acids is 2. The van der Waals surface area contributed by atoms with Crippen LogP contribution in [0.25, 0.3) is 0 Å². The minimum atomic E-state index is -0.789. The number of amides is 2. The molecule has 1 aliphatic rings. The molecule has 0 bridgehead atoms. The summed E-state index contributed by atoms with van der Waals surface area (Å²) in [6, 6.07) is 4.72. The molecule has 2 amide bonds. The number of hydrogen-bond donors (Lipinski definition) is 1. The molecule has 1 N–H and O–H groups in total. The molecular formula is C19H29N3O5. The van der Waals surface area contributed by atoms with E-state index in [2.05, 4.69) is 5.32 Å². The average molecular weight is 379 g/mol. The number of rotatable bonds is 8. The van der Waals surface area contributed by atoms with Gasteiger partial charge in [-0.3, -0.25) is 9.59 Å². The van der Waals surface area contributed by atoms with E-state index in [1.165, 1.54) is 0 Å². The summed E-state index contributed by atoms with van der Waals surface area (Å²) in [6.45, 7) is 3.71. The van der Waals surface area contributed by atoms with E-state index in [0.717, 1.165) is 12.1 Å². The Labute approximate surface area is 160 Å². The van der Waals surface area contributed by atoms with E-state index in [4.69, 9.17) is 14.2 Å². The van der Waals surface area contributed by atoms with Crippen molar-refractivity contribution in [2.24, 2.45) is 0 Å². The Morgan fingerprint density at radius 1 is 1.22 bits per heavy atom. The first-order chi connectivity index (χ1) is 12.9. The average Bonchev–Trinajstić information content (AvgIpc) is 2.67. The van der Waals surface area contributed by atoms with Crippen LogP contribution < -0.4 is 14.8 Å². The summed E-state index contributed by atoms with van der Waals surface area (Å²) >= 11 is 0. The molecule has 0 spiro atoms. The van der Waals surface area contributed by atoms with Gasteiger partial charge in [-0.15, -0.1) is 0 Å². The number of nitrogens with one attached hydrogen (secondary N) is 1. The van der Waals surface area contributed by atoms with Gasteiger partial charge in [0.25, 0.3) is 5.91 Å². The fourth-order valence-corrected chi connectivity index (χ4v) is 3.00. The Morgan fingerprint density at radius 3 is 2.52 bits per heavy atom. The van der Waals surface area contributed by atoms with Crippen LogP contribution in [-0.2, 0) is 14.3 Å². The van der Waals surface area contributed by atoms with Gasteiger partial charge in [-0.1, -0.05) is 6.07 Å². The van der Waals surface area contributed by atoms with Crippen LogP contribution in [0, 0.1) is 0 Å². The van der Waals surface area contributed by atoms with Crippen molar-refractivity contribution < 1.29 is 23.8 Å². The van der Waals surface area contributed by atoms with Gasteiger partial charge < -0.3 is 29.3 Å². The van der Waals surface area contributed by atoms with Crippen molar-refractivity contribution in [3.63, 3.8) is 0 Å².